The fourth-order valence-corrected chi connectivity index (χ4v) is 1.77. The van der Waals surface area contributed by atoms with Crippen molar-refractivity contribution in [2.24, 2.45) is 5.41 Å². The SMILES string of the molecule is CC[C@]1(C(=O)OC)CCC(=O)C1. The molecule has 0 bridgehead atoms. The van der Waals surface area contributed by atoms with Crippen LogP contribution in [0, 0.1) is 5.41 Å². The van der Waals surface area contributed by atoms with Gasteiger partial charge in [0.2, 0.25) is 0 Å². The van der Waals surface area contributed by atoms with E-state index in [1.165, 1.54) is 7.11 Å². The van der Waals surface area contributed by atoms with Gasteiger partial charge in [-0.05, 0) is 12.8 Å². The Morgan fingerprint density at radius 2 is 2.33 bits per heavy atom. The molecule has 1 rings (SSSR count). The summed E-state index contributed by atoms with van der Waals surface area (Å²) >= 11 is 0. The van der Waals surface area contributed by atoms with Gasteiger partial charge < -0.3 is 4.74 Å². The molecule has 0 radical (unpaired) electrons. The Hall–Kier alpha value is -0.860. The summed E-state index contributed by atoms with van der Waals surface area (Å²) in [6, 6.07) is 0. The number of hydrogen-bond donors (Lipinski definition) is 0. The molecule has 1 saturated carbocycles. The van der Waals surface area contributed by atoms with Gasteiger partial charge in [-0.1, -0.05) is 6.92 Å². The molecule has 0 aromatic rings. The number of Topliss-reactive ketones (excluding diaryl/α,β-unsaturated/α-hetero) is 1. The van der Waals surface area contributed by atoms with E-state index < -0.39 is 5.41 Å². The highest BCUT2D eigenvalue weighted by atomic mass is 16.5. The van der Waals surface area contributed by atoms with E-state index in [4.69, 9.17) is 0 Å². The van der Waals surface area contributed by atoms with Crippen molar-refractivity contribution in [3.05, 3.63) is 0 Å². The van der Waals surface area contributed by atoms with E-state index >= 15 is 0 Å². The second kappa shape index (κ2) is 3.25. The first-order valence-corrected chi connectivity index (χ1v) is 4.25. The predicted octanol–water partition coefficient (Wildman–Crippen LogP) is 1.31. The van der Waals surface area contributed by atoms with Crippen LogP contribution in [0.1, 0.15) is 32.6 Å². The van der Waals surface area contributed by atoms with Crippen molar-refractivity contribution >= 4 is 11.8 Å². The highest BCUT2D eigenvalue weighted by Gasteiger charge is 2.44. The summed E-state index contributed by atoms with van der Waals surface area (Å²) in [6.45, 7) is 1.93. The third-order valence-electron chi connectivity index (χ3n) is 2.71. The van der Waals surface area contributed by atoms with Crippen LogP contribution in [0.2, 0.25) is 0 Å². The molecule has 1 aliphatic rings. The van der Waals surface area contributed by atoms with Crippen LogP contribution in [0.3, 0.4) is 0 Å². The Morgan fingerprint density at radius 1 is 1.67 bits per heavy atom. The zero-order chi connectivity index (χ0) is 9.19. The fraction of sp³-hybridized carbons (Fsp3) is 0.778. The van der Waals surface area contributed by atoms with Crippen molar-refractivity contribution in [1.29, 1.82) is 0 Å². The molecule has 0 aromatic carbocycles. The number of carbonyl (C=O) groups is 2. The van der Waals surface area contributed by atoms with Gasteiger partial charge in [0.15, 0.2) is 0 Å². The molecule has 1 aliphatic carbocycles. The maximum Gasteiger partial charge on any atom is 0.312 e. The summed E-state index contributed by atoms with van der Waals surface area (Å²) < 4.78 is 4.69. The molecule has 0 heterocycles. The smallest absolute Gasteiger partial charge is 0.312 e. The summed E-state index contributed by atoms with van der Waals surface area (Å²) in [6.07, 6.45) is 2.26. The molecular weight excluding hydrogens is 156 g/mol. The number of rotatable bonds is 2. The van der Waals surface area contributed by atoms with Crippen LogP contribution in [0.5, 0.6) is 0 Å². The van der Waals surface area contributed by atoms with Crippen molar-refractivity contribution in [2.45, 2.75) is 32.6 Å². The second-order valence-corrected chi connectivity index (χ2v) is 3.34. The Kier molecular flexibility index (Phi) is 2.50. The van der Waals surface area contributed by atoms with Crippen molar-refractivity contribution in [1.82, 2.24) is 0 Å². The molecule has 0 spiro atoms. The summed E-state index contributed by atoms with van der Waals surface area (Å²) in [5.74, 6) is -0.0434. The topological polar surface area (TPSA) is 43.4 Å². The number of ketones is 1. The number of methoxy groups -OCH3 is 1. The van der Waals surface area contributed by atoms with E-state index in [-0.39, 0.29) is 11.8 Å². The minimum atomic E-state index is -0.494. The molecule has 1 fully saturated rings. The molecule has 1 atom stereocenters. The van der Waals surface area contributed by atoms with E-state index in [2.05, 4.69) is 4.74 Å². The zero-order valence-electron chi connectivity index (χ0n) is 7.55. The molecule has 68 valence electrons. The maximum atomic E-state index is 11.3. The molecular formula is C9H14O3. The number of hydrogen-bond acceptors (Lipinski definition) is 3. The molecule has 0 aromatic heterocycles. The predicted molar refractivity (Wildman–Crippen MR) is 43.6 cm³/mol. The van der Waals surface area contributed by atoms with E-state index in [9.17, 15) is 9.59 Å². The van der Waals surface area contributed by atoms with Crippen LogP contribution >= 0.6 is 0 Å². The lowest BCUT2D eigenvalue weighted by Crippen LogP contribution is -2.29. The molecule has 12 heavy (non-hydrogen) atoms. The van der Waals surface area contributed by atoms with E-state index in [0.29, 0.717) is 25.7 Å². The molecule has 3 heteroatoms. The van der Waals surface area contributed by atoms with Crippen LogP contribution in [0.4, 0.5) is 0 Å². The van der Waals surface area contributed by atoms with Crippen LogP contribution in [0.25, 0.3) is 0 Å². The second-order valence-electron chi connectivity index (χ2n) is 3.34. The van der Waals surface area contributed by atoms with Crippen LogP contribution < -0.4 is 0 Å². The lowest BCUT2D eigenvalue weighted by molar-refractivity contribution is -0.153. The van der Waals surface area contributed by atoms with Gasteiger partial charge in [0.25, 0.3) is 0 Å². The molecule has 0 aliphatic heterocycles. The van der Waals surface area contributed by atoms with Crippen LogP contribution in [0.15, 0.2) is 0 Å². The summed E-state index contributed by atoms with van der Waals surface area (Å²) in [5.41, 5.74) is -0.494. The third kappa shape index (κ3) is 1.36. The number of esters is 1. The molecule has 0 N–H and O–H groups in total. The Morgan fingerprint density at radius 3 is 2.67 bits per heavy atom. The van der Waals surface area contributed by atoms with Gasteiger partial charge in [-0.3, -0.25) is 9.59 Å². The normalized spacial score (nSPS) is 29.0. The van der Waals surface area contributed by atoms with Gasteiger partial charge in [0, 0.05) is 12.8 Å². The standard InChI is InChI=1S/C9H14O3/c1-3-9(8(11)12-2)5-4-7(10)6-9/h3-6H2,1-2H3/t9-/m0/s1. The van der Waals surface area contributed by atoms with Crippen molar-refractivity contribution in [3.63, 3.8) is 0 Å². The van der Waals surface area contributed by atoms with E-state index in [1.54, 1.807) is 0 Å². The highest BCUT2D eigenvalue weighted by molar-refractivity contribution is 5.90. The first kappa shape index (κ1) is 9.23. The largest absolute Gasteiger partial charge is 0.469 e. The van der Waals surface area contributed by atoms with Crippen LogP contribution in [-0.4, -0.2) is 18.9 Å². The van der Waals surface area contributed by atoms with Gasteiger partial charge in [-0.25, -0.2) is 0 Å². The molecule has 0 saturated heterocycles. The third-order valence-corrected chi connectivity index (χ3v) is 2.71. The minimum absolute atomic E-state index is 0.183. The lowest BCUT2D eigenvalue weighted by Gasteiger charge is -2.22. The van der Waals surface area contributed by atoms with Crippen molar-refractivity contribution in [3.8, 4) is 0 Å². The zero-order valence-corrected chi connectivity index (χ0v) is 7.55. The fourth-order valence-electron chi connectivity index (χ4n) is 1.77. The average Bonchev–Trinajstić information content (AvgIpc) is 2.47. The number of carbonyl (C=O) groups excluding carboxylic acids is 2. The minimum Gasteiger partial charge on any atom is -0.469 e. The molecule has 0 unspecified atom stereocenters. The highest BCUT2D eigenvalue weighted by Crippen LogP contribution is 2.39. The first-order chi connectivity index (χ1) is 5.64. The van der Waals surface area contributed by atoms with Gasteiger partial charge in [-0.15, -0.1) is 0 Å². The summed E-state index contributed by atoms with van der Waals surface area (Å²) in [5, 5.41) is 0. The Labute approximate surface area is 72.1 Å². The van der Waals surface area contributed by atoms with Crippen molar-refractivity contribution in [2.75, 3.05) is 7.11 Å². The number of ether oxygens (including phenoxy) is 1. The quantitative estimate of drug-likeness (QED) is 0.587. The summed E-state index contributed by atoms with van der Waals surface area (Å²) in [4.78, 5) is 22.4. The van der Waals surface area contributed by atoms with Gasteiger partial charge in [-0.2, -0.15) is 0 Å². The first-order valence-electron chi connectivity index (χ1n) is 4.25. The lowest BCUT2D eigenvalue weighted by atomic mass is 9.83. The van der Waals surface area contributed by atoms with E-state index in [1.807, 2.05) is 6.92 Å². The average molecular weight is 170 g/mol. The van der Waals surface area contributed by atoms with Gasteiger partial charge >= 0.3 is 5.97 Å². The molecule has 0 amide bonds. The Bertz CT molecular complexity index is 210. The van der Waals surface area contributed by atoms with E-state index in [0.717, 1.165) is 0 Å². The Balaban J connectivity index is 2.77. The van der Waals surface area contributed by atoms with Crippen molar-refractivity contribution < 1.29 is 14.3 Å². The van der Waals surface area contributed by atoms with Gasteiger partial charge in [0.1, 0.15) is 5.78 Å². The maximum absolute atomic E-state index is 11.3. The summed E-state index contributed by atoms with van der Waals surface area (Å²) in [7, 11) is 1.38. The van der Waals surface area contributed by atoms with Crippen LogP contribution in [-0.2, 0) is 14.3 Å². The van der Waals surface area contributed by atoms with Gasteiger partial charge in [0.05, 0.1) is 12.5 Å². The monoisotopic (exact) mass is 170 g/mol. The molecule has 3 nitrogen and oxygen atoms in total.